The van der Waals surface area contributed by atoms with Crippen molar-refractivity contribution in [3.8, 4) is 11.5 Å². The van der Waals surface area contributed by atoms with E-state index in [0.717, 1.165) is 16.5 Å². The molecule has 1 atom stereocenters. The van der Waals surface area contributed by atoms with E-state index in [2.05, 4.69) is 10.3 Å². The van der Waals surface area contributed by atoms with E-state index in [-0.39, 0.29) is 24.6 Å². The number of carboxylic acids is 1. The number of para-hydroxylation sites is 1. The van der Waals surface area contributed by atoms with Gasteiger partial charge in [0, 0.05) is 29.1 Å². The van der Waals surface area contributed by atoms with E-state index in [4.69, 9.17) is 4.74 Å². The highest BCUT2D eigenvalue weighted by atomic mass is 16.5. The lowest BCUT2D eigenvalue weighted by molar-refractivity contribution is -0.142. The van der Waals surface area contributed by atoms with Crippen LogP contribution in [-0.2, 0) is 16.0 Å². The molecule has 0 unspecified atom stereocenters. The van der Waals surface area contributed by atoms with E-state index < -0.39 is 17.9 Å². The summed E-state index contributed by atoms with van der Waals surface area (Å²) < 4.78 is 5.47. The lowest BCUT2D eigenvalue weighted by Crippen LogP contribution is -2.44. The lowest BCUT2D eigenvalue weighted by Gasteiger charge is -2.15. The summed E-state index contributed by atoms with van der Waals surface area (Å²) in [4.78, 5) is 39.4. The van der Waals surface area contributed by atoms with Crippen molar-refractivity contribution >= 4 is 34.6 Å². The van der Waals surface area contributed by atoms with Crippen molar-refractivity contribution in [3.63, 3.8) is 0 Å². The van der Waals surface area contributed by atoms with Gasteiger partial charge in [-0.05, 0) is 47.5 Å². The molecule has 4 N–H and O–H groups in total. The first-order chi connectivity index (χ1) is 17.4. The molecule has 8 nitrogen and oxygen atoms in total. The zero-order valence-corrected chi connectivity index (χ0v) is 19.2. The fraction of sp³-hybridized carbons (Fsp3) is 0.107. The van der Waals surface area contributed by atoms with Crippen molar-refractivity contribution in [2.75, 3.05) is 6.61 Å². The van der Waals surface area contributed by atoms with Crippen LogP contribution in [0.25, 0.3) is 17.0 Å². The molecule has 4 rings (SSSR count). The Bertz CT molecular complexity index is 1400. The predicted molar refractivity (Wildman–Crippen MR) is 135 cm³/mol. The summed E-state index contributed by atoms with van der Waals surface area (Å²) >= 11 is 0. The number of hydrogen-bond acceptors (Lipinski definition) is 5. The highest BCUT2D eigenvalue weighted by Gasteiger charge is 2.20. The molecule has 0 fully saturated rings. The molecule has 0 radical (unpaired) electrons. The number of ketones is 1. The van der Waals surface area contributed by atoms with Gasteiger partial charge >= 0.3 is 5.97 Å². The van der Waals surface area contributed by atoms with Crippen molar-refractivity contribution in [1.82, 2.24) is 10.3 Å². The van der Waals surface area contributed by atoms with Crippen LogP contribution < -0.4 is 10.1 Å². The number of nitrogens with one attached hydrogen (secondary N) is 2. The maximum atomic E-state index is 12.6. The monoisotopic (exact) mass is 484 g/mol. The molecular formula is C28H24N2O6. The highest BCUT2D eigenvalue weighted by Crippen LogP contribution is 2.19. The number of carbonyl (C=O) groups is 3. The van der Waals surface area contributed by atoms with Gasteiger partial charge in [-0.1, -0.05) is 48.5 Å². The average molecular weight is 485 g/mol. The topological polar surface area (TPSA) is 129 Å². The molecule has 1 heterocycles. The third-order valence-electron chi connectivity index (χ3n) is 5.54. The van der Waals surface area contributed by atoms with Gasteiger partial charge in [0.2, 0.25) is 0 Å². The number of ether oxygens (including phenoxy) is 1. The summed E-state index contributed by atoms with van der Waals surface area (Å²) in [6, 6.07) is 19.4. The maximum absolute atomic E-state index is 12.6. The number of allylic oxidation sites excluding steroid dienone is 1. The number of aromatic nitrogens is 1. The van der Waals surface area contributed by atoms with Gasteiger partial charge in [0.15, 0.2) is 12.4 Å². The number of carbonyl (C=O) groups excluding carboxylic acids is 2. The maximum Gasteiger partial charge on any atom is 0.326 e. The van der Waals surface area contributed by atoms with E-state index in [1.165, 1.54) is 18.2 Å². The summed E-state index contributed by atoms with van der Waals surface area (Å²) in [5, 5.41) is 22.1. The zero-order chi connectivity index (χ0) is 25.5. The average Bonchev–Trinajstić information content (AvgIpc) is 3.32. The van der Waals surface area contributed by atoms with Gasteiger partial charge in [-0.3, -0.25) is 9.59 Å². The SMILES string of the molecule is O=C(COc1ccc(/C=C/C(=O)c2c[nH]c3ccccc23)cc1)N[C@@H](Cc1ccc(O)cc1)C(=O)O. The summed E-state index contributed by atoms with van der Waals surface area (Å²) in [7, 11) is 0. The number of hydrogen-bond donors (Lipinski definition) is 4. The van der Waals surface area contributed by atoms with Crippen LogP contribution in [0.4, 0.5) is 0 Å². The molecule has 0 spiro atoms. The van der Waals surface area contributed by atoms with Crippen LogP contribution in [0.3, 0.4) is 0 Å². The number of carboxylic acid groups (broad SMARTS) is 1. The molecule has 0 aliphatic rings. The minimum Gasteiger partial charge on any atom is -0.508 e. The third kappa shape index (κ3) is 6.18. The predicted octanol–water partition coefficient (Wildman–Crippen LogP) is 3.96. The molecular weight excluding hydrogens is 460 g/mol. The number of H-pyrrole nitrogens is 1. The summed E-state index contributed by atoms with van der Waals surface area (Å²) in [6.07, 6.45) is 4.96. The van der Waals surface area contributed by atoms with E-state index in [1.807, 2.05) is 24.3 Å². The smallest absolute Gasteiger partial charge is 0.326 e. The number of aromatic hydroxyl groups is 1. The molecule has 0 aliphatic carbocycles. The zero-order valence-electron chi connectivity index (χ0n) is 19.2. The molecule has 0 saturated carbocycles. The number of fused-ring (bicyclic) bond motifs is 1. The van der Waals surface area contributed by atoms with Crippen molar-refractivity contribution in [1.29, 1.82) is 0 Å². The molecule has 1 amide bonds. The van der Waals surface area contributed by atoms with Crippen molar-refractivity contribution in [3.05, 3.63) is 102 Å². The Morgan fingerprint density at radius 2 is 1.69 bits per heavy atom. The normalized spacial score (nSPS) is 11.9. The van der Waals surface area contributed by atoms with Gasteiger partial charge < -0.3 is 25.3 Å². The molecule has 0 aliphatic heterocycles. The standard InChI is InChI=1S/C28H24N2O6/c31-20-10-5-19(6-11-20)15-25(28(34)35)30-27(33)17-36-21-12-7-18(8-13-21)9-14-26(32)23-16-29-24-4-2-1-3-22(23)24/h1-14,16,25,29,31H,15,17H2,(H,30,33)(H,34,35)/b14-9+/t25-/m0/s1. The summed E-state index contributed by atoms with van der Waals surface area (Å²) in [5.74, 6) is -1.37. The first-order valence-electron chi connectivity index (χ1n) is 11.2. The second-order valence-corrected chi connectivity index (χ2v) is 8.13. The van der Waals surface area contributed by atoms with Crippen LogP contribution in [0.2, 0.25) is 0 Å². The molecule has 3 aromatic carbocycles. The van der Waals surface area contributed by atoms with E-state index in [1.54, 1.807) is 48.7 Å². The van der Waals surface area contributed by atoms with Crippen molar-refractivity contribution in [2.24, 2.45) is 0 Å². The number of benzene rings is 3. The second kappa shape index (κ2) is 11.1. The van der Waals surface area contributed by atoms with Gasteiger partial charge in [0.1, 0.15) is 17.5 Å². The van der Waals surface area contributed by atoms with Crippen LogP contribution >= 0.6 is 0 Å². The van der Waals surface area contributed by atoms with Crippen LogP contribution in [0.15, 0.2) is 85.1 Å². The minimum atomic E-state index is -1.17. The minimum absolute atomic E-state index is 0.0691. The molecule has 182 valence electrons. The van der Waals surface area contributed by atoms with E-state index in [0.29, 0.717) is 16.9 Å². The van der Waals surface area contributed by atoms with Crippen LogP contribution in [0, 0.1) is 0 Å². The van der Waals surface area contributed by atoms with Crippen LogP contribution in [0.1, 0.15) is 21.5 Å². The van der Waals surface area contributed by atoms with Gasteiger partial charge in [0.05, 0.1) is 0 Å². The van der Waals surface area contributed by atoms with Crippen molar-refractivity contribution < 1.29 is 29.3 Å². The Hall–Kier alpha value is -4.85. The molecule has 0 saturated heterocycles. The summed E-state index contributed by atoms with van der Waals surface area (Å²) in [6.45, 7) is -0.354. The fourth-order valence-electron chi connectivity index (χ4n) is 3.66. The summed E-state index contributed by atoms with van der Waals surface area (Å²) in [5.41, 5.74) is 2.93. The Morgan fingerprint density at radius 1 is 0.972 bits per heavy atom. The number of aliphatic carboxylic acids is 1. The molecule has 1 aromatic heterocycles. The van der Waals surface area contributed by atoms with E-state index in [9.17, 15) is 24.6 Å². The molecule has 4 aromatic rings. The number of amides is 1. The number of aromatic amines is 1. The quantitative estimate of drug-likeness (QED) is 0.199. The molecule has 36 heavy (non-hydrogen) atoms. The van der Waals surface area contributed by atoms with Gasteiger partial charge in [-0.15, -0.1) is 0 Å². The van der Waals surface area contributed by atoms with E-state index >= 15 is 0 Å². The number of phenolic OH excluding ortho intramolecular Hbond substituents is 1. The Kier molecular flexibility index (Phi) is 7.45. The third-order valence-corrected chi connectivity index (χ3v) is 5.54. The first kappa shape index (κ1) is 24.3. The van der Waals surface area contributed by atoms with Crippen LogP contribution in [-0.4, -0.2) is 45.5 Å². The Morgan fingerprint density at radius 3 is 2.42 bits per heavy atom. The highest BCUT2D eigenvalue weighted by molar-refractivity contribution is 6.14. The largest absolute Gasteiger partial charge is 0.508 e. The molecule has 8 heteroatoms. The fourth-order valence-corrected chi connectivity index (χ4v) is 3.66. The van der Waals surface area contributed by atoms with Crippen molar-refractivity contribution in [2.45, 2.75) is 12.5 Å². The van der Waals surface area contributed by atoms with Gasteiger partial charge in [-0.2, -0.15) is 0 Å². The van der Waals surface area contributed by atoms with Crippen LogP contribution in [0.5, 0.6) is 11.5 Å². The first-order valence-corrected chi connectivity index (χ1v) is 11.2. The Balaban J connectivity index is 1.29. The number of rotatable bonds is 10. The number of phenols is 1. The Labute approximate surface area is 206 Å². The van der Waals surface area contributed by atoms with Gasteiger partial charge in [0.25, 0.3) is 5.91 Å². The lowest BCUT2D eigenvalue weighted by atomic mass is 10.1. The van der Waals surface area contributed by atoms with Gasteiger partial charge in [-0.25, -0.2) is 4.79 Å². The molecule has 0 bridgehead atoms. The second-order valence-electron chi connectivity index (χ2n) is 8.13.